The number of benzene rings is 1. The fraction of sp³-hybridized carbons (Fsp3) is 0.278. The number of nitrogens with zero attached hydrogens (tertiary/aromatic N) is 3. The number of rotatable bonds is 7. The maximum atomic E-state index is 14.0. The lowest BCUT2D eigenvalue weighted by atomic mass is 10.1. The monoisotopic (exact) mass is 388 g/mol. The molecule has 4 N–H and O–H groups in total. The van der Waals surface area contributed by atoms with Gasteiger partial charge in [0.05, 0.1) is 11.4 Å². The zero-order chi connectivity index (χ0) is 20.1. The third-order valence-electron chi connectivity index (χ3n) is 3.99. The third-order valence-corrected chi connectivity index (χ3v) is 3.99. The van der Waals surface area contributed by atoms with Gasteiger partial charge in [0.15, 0.2) is 0 Å². The van der Waals surface area contributed by atoms with Crippen molar-refractivity contribution in [1.82, 2.24) is 20.0 Å². The van der Waals surface area contributed by atoms with Crippen LogP contribution in [0.5, 0.6) is 11.6 Å². The molecule has 0 saturated carbocycles. The standard InChI is InChI=1S/C18H21FN6O3/c1-3-13-16(19)17(24-23-13)28-18(26)22-11-4-5-15(27-9-7-20)12(10-11)14-6-8-21-25(14)2/h4-6,8,10H,3,7,9,20H2,1-2H3,(H,22,26)(H,23,24). The average Bonchev–Trinajstić information content (AvgIpc) is 3.26. The van der Waals surface area contributed by atoms with E-state index in [4.69, 9.17) is 15.2 Å². The molecule has 2 aromatic heterocycles. The number of carbonyl (C=O) groups excluding carboxylic acids is 1. The molecule has 0 aliphatic heterocycles. The minimum atomic E-state index is -0.861. The van der Waals surface area contributed by atoms with Gasteiger partial charge in [0.1, 0.15) is 12.4 Å². The Morgan fingerprint density at radius 2 is 2.21 bits per heavy atom. The highest BCUT2D eigenvalue weighted by molar-refractivity contribution is 5.88. The van der Waals surface area contributed by atoms with Crippen LogP contribution in [0, 0.1) is 5.82 Å². The fourth-order valence-electron chi connectivity index (χ4n) is 2.62. The van der Waals surface area contributed by atoms with Crippen molar-refractivity contribution in [2.45, 2.75) is 13.3 Å². The first-order valence-corrected chi connectivity index (χ1v) is 8.70. The lowest BCUT2D eigenvalue weighted by Crippen LogP contribution is -2.17. The number of hydrogen-bond donors (Lipinski definition) is 3. The molecule has 0 atom stereocenters. The Morgan fingerprint density at radius 1 is 1.39 bits per heavy atom. The van der Waals surface area contributed by atoms with E-state index in [9.17, 15) is 9.18 Å². The largest absolute Gasteiger partial charge is 0.492 e. The van der Waals surface area contributed by atoms with Crippen LogP contribution in [-0.2, 0) is 13.5 Å². The van der Waals surface area contributed by atoms with Gasteiger partial charge in [-0.05, 0) is 30.7 Å². The molecule has 0 fully saturated rings. The van der Waals surface area contributed by atoms with Gasteiger partial charge in [0.25, 0.3) is 5.88 Å². The van der Waals surface area contributed by atoms with Crippen molar-refractivity contribution in [2.24, 2.45) is 12.8 Å². The van der Waals surface area contributed by atoms with Gasteiger partial charge in [-0.25, -0.2) is 4.79 Å². The summed E-state index contributed by atoms with van der Waals surface area (Å²) in [5, 5.41) is 12.9. The summed E-state index contributed by atoms with van der Waals surface area (Å²) in [6.07, 6.45) is 1.20. The van der Waals surface area contributed by atoms with Crippen molar-refractivity contribution in [3.05, 3.63) is 42.0 Å². The zero-order valence-corrected chi connectivity index (χ0v) is 15.5. The van der Waals surface area contributed by atoms with E-state index in [1.165, 1.54) is 0 Å². The van der Waals surface area contributed by atoms with Gasteiger partial charge in [-0.3, -0.25) is 15.1 Å². The lowest BCUT2D eigenvalue weighted by Gasteiger charge is -2.13. The van der Waals surface area contributed by atoms with E-state index in [0.717, 1.165) is 5.69 Å². The van der Waals surface area contributed by atoms with Gasteiger partial charge >= 0.3 is 6.09 Å². The quantitative estimate of drug-likeness (QED) is 0.572. The van der Waals surface area contributed by atoms with Gasteiger partial charge in [0.2, 0.25) is 5.82 Å². The number of ether oxygens (including phenoxy) is 2. The number of nitrogens with two attached hydrogens (primary N) is 1. The van der Waals surface area contributed by atoms with Gasteiger partial charge in [-0.2, -0.15) is 9.49 Å². The van der Waals surface area contributed by atoms with Crippen LogP contribution in [-0.4, -0.2) is 39.2 Å². The number of H-pyrrole nitrogens is 1. The molecule has 3 aromatic rings. The number of amides is 1. The molecular weight excluding hydrogens is 367 g/mol. The van der Waals surface area contributed by atoms with E-state index in [2.05, 4.69) is 20.6 Å². The molecule has 148 valence electrons. The van der Waals surface area contributed by atoms with E-state index < -0.39 is 17.8 Å². The van der Waals surface area contributed by atoms with Crippen LogP contribution >= 0.6 is 0 Å². The number of halogens is 1. The molecule has 0 aliphatic carbocycles. The molecule has 0 radical (unpaired) electrons. The number of nitrogens with one attached hydrogen (secondary N) is 2. The van der Waals surface area contributed by atoms with Crippen LogP contribution in [0.4, 0.5) is 14.9 Å². The number of aryl methyl sites for hydroxylation is 2. The number of anilines is 1. The van der Waals surface area contributed by atoms with Crippen LogP contribution in [0.15, 0.2) is 30.5 Å². The van der Waals surface area contributed by atoms with E-state index in [0.29, 0.717) is 36.6 Å². The van der Waals surface area contributed by atoms with Crippen LogP contribution in [0.3, 0.4) is 0 Å². The van der Waals surface area contributed by atoms with E-state index in [1.807, 2.05) is 6.07 Å². The highest BCUT2D eigenvalue weighted by Crippen LogP contribution is 2.32. The van der Waals surface area contributed by atoms with Gasteiger partial charge in [0, 0.05) is 31.0 Å². The van der Waals surface area contributed by atoms with E-state index in [1.54, 1.807) is 43.0 Å². The summed E-state index contributed by atoms with van der Waals surface area (Å²) in [7, 11) is 1.79. The molecule has 0 unspecified atom stereocenters. The maximum absolute atomic E-state index is 14.0. The molecule has 1 amide bonds. The first kappa shape index (κ1) is 19.4. The zero-order valence-electron chi connectivity index (χ0n) is 15.5. The predicted molar refractivity (Wildman–Crippen MR) is 101 cm³/mol. The van der Waals surface area contributed by atoms with E-state index >= 15 is 0 Å². The molecule has 0 aliphatic rings. The summed E-state index contributed by atoms with van der Waals surface area (Å²) < 4.78 is 26.3. The first-order valence-electron chi connectivity index (χ1n) is 8.70. The average molecular weight is 388 g/mol. The molecule has 1 aromatic carbocycles. The van der Waals surface area contributed by atoms with E-state index in [-0.39, 0.29) is 5.69 Å². The van der Waals surface area contributed by atoms with Gasteiger partial charge in [-0.1, -0.05) is 6.92 Å². The van der Waals surface area contributed by atoms with Crippen LogP contribution in [0.1, 0.15) is 12.6 Å². The Labute approximate surface area is 160 Å². The molecule has 0 saturated heterocycles. The summed E-state index contributed by atoms with van der Waals surface area (Å²) in [6.45, 7) is 2.47. The maximum Gasteiger partial charge on any atom is 0.418 e. The lowest BCUT2D eigenvalue weighted by molar-refractivity contribution is 0.211. The summed E-state index contributed by atoms with van der Waals surface area (Å²) >= 11 is 0. The number of aromatic amines is 1. The Morgan fingerprint density at radius 3 is 2.86 bits per heavy atom. The Hall–Kier alpha value is -3.40. The summed E-state index contributed by atoms with van der Waals surface area (Å²) in [5.41, 5.74) is 7.72. The van der Waals surface area contributed by atoms with Crippen molar-refractivity contribution in [1.29, 1.82) is 0 Å². The highest BCUT2D eigenvalue weighted by atomic mass is 19.1. The summed E-state index contributed by atoms with van der Waals surface area (Å²) in [4.78, 5) is 12.1. The van der Waals surface area contributed by atoms with Crippen molar-refractivity contribution in [3.63, 3.8) is 0 Å². The number of hydrogen-bond acceptors (Lipinski definition) is 6. The molecule has 3 rings (SSSR count). The van der Waals surface area contributed by atoms with Gasteiger partial charge < -0.3 is 15.2 Å². The molecular formula is C18H21FN6O3. The predicted octanol–water partition coefficient (Wildman–Crippen LogP) is 2.46. The normalized spacial score (nSPS) is 10.7. The molecule has 2 heterocycles. The topological polar surface area (TPSA) is 120 Å². The third kappa shape index (κ3) is 4.12. The second kappa shape index (κ2) is 8.53. The van der Waals surface area contributed by atoms with Gasteiger partial charge in [-0.15, -0.1) is 5.10 Å². The van der Waals surface area contributed by atoms with Crippen LogP contribution in [0.25, 0.3) is 11.3 Å². The smallest absolute Gasteiger partial charge is 0.418 e. The summed E-state index contributed by atoms with van der Waals surface area (Å²) in [6, 6.07) is 6.88. The first-order chi connectivity index (χ1) is 13.5. The minimum Gasteiger partial charge on any atom is -0.492 e. The molecule has 28 heavy (non-hydrogen) atoms. The van der Waals surface area contributed by atoms with Crippen molar-refractivity contribution in [3.8, 4) is 22.9 Å². The van der Waals surface area contributed by atoms with Crippen LogP contribution in [0.2, 0.25) is 0 Å². The SMILES string of the molecule is CCc1[nH]nc(OC(=O)Nc2ccc(OCCN)c(-c3ccnn3C)c2)c1F. The molecule has 9 nitrogen and oxygen atoms in total. The fourth-order valence-corrected chi connectivity index (χ4v) is 2.62. The Kier molecular flexibility index (Phi) is 5.90. The van der Waals surface area contributed by atoms with Crippen molar-refractivity contribution >= 4 is 11.8 Å². The summed E-state index contributed by atoms with van der Waals surface area (Å²) in [5.74, 6) is -0.484. The molecule has 0 bridgehead atoms. The highest BCUT2D eigenvalue weighted by Gasteiger charge is 2.17. The Bertz CT molecular complexity index is 968. The second-order valence-corrected chi connectivity index (χ2v) is 5.88. The van der Waals surface area contributed by atoms with Crippen LogP contribution < -0.4 is 20.5 Å². The minimum absolute atomic E-state index is 0.266. The number of carbonyl (C=O) groups is 1. The second-order valence-electron chi connectivity index (χ2n) is 5.88. The van der Waals surface area contributed by atoms with Crippen molar-refractivity contribution in [2.75, 3.05) is 18.5 Å². The van der Waals surface area contributed by atoms with Crippen molar-refractivity contribution < 1.29 is 18.7 Å². The molecule has 10 heteroatoms. The molecule has 0 spiro atoms. The number of aromatic nitrogens is 4. The Balaban J connectivity index is 1.81.